The molecule has 0 aromatic rings. The monoisotopic (exact) mass is 146 g/mol. The summed E-state index contributed by atoms with van der Waals surface area (Å²) in [6.07, 6.45) is -1.14. The number of rotatable bonds is 0. The van der Waals surface area contributed by atoms with Crippen molar-refractivity contribution in [3.8, 4) is 0 Å². The molecule has 0 radical (unpaired) electrons. The summed E-state index contributed by atoms with van der Waals surface area (Å²) in [4.78, 5) is 0. The molecular formula is C8H12F2. The van der Waals surface area contributed by atoms with Gasteiger partial charge < -0.3 is 0 Å². The van der Waals surface area contributed by atoms with Gasteiger partial charge in [-0.1, -0.05) is 13.5 Å². The number of hydrogen-bond donors (Lipinski definition) is 0. The van der Waals surface area contributed by atoms with Gasteiger partial charge in [0.05, 0.1) is 0 Å². The second kappa shape index (κ2) is 2.69. The van der Waals surface area contributed by atoms with Crippen LogP contribution in [0.3, 0.4) is 0 Å². The Morgan fingerprint density at radius 1 is 1.40 bits per heavy atom. The molecule has 0 aromatic heterocycles. The average molecular weight is 146 g/mol. The van der Waals surface area contributed by atoms with Gasteiger partial charge in [0, 0.05) is 0 Å². The van der Waals surface area contributed by atoms with Crippen LogP contribution in [-0.2, 0) is 0 Å². The minimum atomic E-state index is -1.12. The van der Waals surface area contributed by atoms with Crippen molar-refractivity contribution in [3.05, 3.63) is 12.2 Å². The molecule has 0 heterocycles. The minimum absolute atomic E-state index is 0.0421. The van der Waals surface area contributed by atoms with Crippen molar-refractivity contribution in [1.82, 2.24) is 0 Å². The third-order valence-electron chi connectivity index (χ3n) is 2.13. The third-order valence-corrected chi connectivity index (χ3v) is 2.13. The molecule has 3 atom stereocenters. The fourth-order valence-electron chi connectivity index (χ4n) is 1.28. The second-order valence-corrected chi connectivity index (χ2v) is 3.00. The molecule has 0 spiro atoms. The first-order valence-corrected chi connectivity index (χ1v) is 3.59. The van der Waals surface area contributed by atoms with Gasteiger partial charge in [-0.05, 0) is 24.3 Å². The van der Waals surface area contributed by atoms with Crippen LogP contribution < -0.4 is 0 Å². The average Bonchev–Trinajstić information content (AvgIpc) is 1.93. The van der Waals surface area contributed by atoms with Gasteiger partial charge in [-0.3, -0.25) is 0 Å². The zero-order valence-corrected chi connectivity index (χ0v) is 6.11. The zero-order chi connectivity index (χ0) is 7.72. The second-order valence-electron chi connectivity index (χ2n) is 3.00. The summed E-state index contributed by atoms with van der Waals surface area (Å²) >= 11 is 0. The SMILES string of the molecule is C=C1C(F)CCC(C)C1F. The Bertz CT molecular complexity index is 142. The van der Waals surface area contributed by atoms with Crippen LogP contribution in [0.4, 0.5) is 8.78 Å². The lowest BCUT2D eigenvalue weighted by atomic mass is 9.85. The number of allylic oxidation sites excluding steroid dienone is 1. The smallest absolute Gasteiger partial charge is 0.126 e. The highest BCUT2D eigenvalue weighted by Crippen LogP contribution is 2.31. The van der Waals surface area contributed by atoms with Gasteiger partial charge in [0.15, 0.2) is 0 Å². The fourth-order valence-corrected chi connectivity index (χ4v) is 1.28. The van der Waals surface area contributed by atoms with E-state index in [-0.39, 0.29) is 11.5 Å². The van der Waals surface area contributed by atoms with E-state index in [9.17, 15) is 8.78 Å². The van der Waals surface area contributed by atoms with Crippen molar-refractivity contribution in [2.45, 2.75) is 32.1 Å². The molecule has 1 saturated carbocycles. The molecule has 0 amide bonds. The van der Waals surface area contributed by atoms with Crippen molar-refractivity contribution < 1.29 is 8.78 Å². The molecule has 0 saturated heterocycles. The predicted octanol–water partition coefficient (Wildman–Crippen LogP) is 2.65. The Kier molecular flexibility index (Phi) is 2.07. The summed E-state index contributed by atoms with van der Waals surface area (Å²) in [5, 5.41) is 0. The minimum Gasteiger partial charge on any atom is -0.243 e. The molecule has 0 aliphatic heterocycles. The van der Waals surface area contributed by atoms with Crippen molar-refractivity contribution in [2.24, 2.45) is 5.92 Å². The lowest BCUT2D eigenvalue weighted by Gasteiger charge is -2.27. The summed E-state index contributed by atoms with van der Waals surface area (Å²) < 4.78 is 25.5. The normalized spacial score (nSPS) is 41.9. The highest BCUT2D eigenvalue weighted by atomic mass is 19.1. The molecule has 1 aliphatic carbocycles. The molecule has 1 aliphatic rings. The number of alkyl halides is 2. The van der Waals surface area contributed by atoms with E-state index in [2.05, 4.69) is 6.58 Å². The fraction of sp³-hybridized carbons (Fsp3) is 0.750. The molecule has 2 heteroatoms. The van der Waals surface area contributed by atoms with E-state index in [0.29, 0.717) is 12.8 Å². The van der Waals surface area contributed by atoms with Crippen LogP contribution in [0.2, 0.25) is 0 Å². The maximum atomic E-state index is 12.9. The van der Waals surface area contributed by atoms with Crippen molar-refractivity contribution in [3.63, 3.8) is 0 Å². The van der Waals surface area contributed by atoms with Gasteiger partial charge in [0.1, 0.15) is 12.3 Å². The summed E-state index contributed by atoms with van der Waals surface area (Å²) in [6.45, 7) is 5.17. The predicted molar refractivity (Wildman–Crippen MR) is 37.3 cm³/mol. The Labute approximate surface area is 59.9 Å². The van der Waals surface area contributed by atoms with Crippen LogP contribution in [0.25, 0.3) is 0 Å². The number of hydrogen-bond acceptors (Lipinski definition) is 0. The first-order chi connectivity index (χ1) is 4.63. The zero-order valence-electron chi connectivity index (χ0n) is 6.11. The molecule has 0 N–H and O–H groups in total. The molecule has 0 nitrogen and oxygen atoms in total. The Morgan fingerprint density at radius 2 is 2.00 bits per heavy atom. The summed E-state index contributed by atoms with van der Waals surface area (Å²) in [6, 6.07) is 0. The molecule has 1 fully saturated rings. The Balaban J connectivity index is 2.60. The van der Waals surface area contributed by atoms with Crippen LogP contribution >= 0.6 is 0 Å². The van der Waals surface area contributed by atoms with Gasteiger partial charge in [0.25, 0.3) is 0 Å². The number of halogens is 2. The molecule has 1 rings (SSSR count). The molecule has 0 aromatic carbocycles. The largest absolute Gasteiger partial charge is 0.243 e. The summed E-state index contributed by atoms with van der Waals surface area (Å²) in [5.41, 5.74) is 0.138. The molecule has 3 unspecified atom stereocenters. The van der Waals surface area contributed by atoms with E-state index in [4.69, 9.17) is 0 Å². The topological polar surface area (TPSA) is 0 Å². The third kappa shape index (κ3) is 1.20. The van der Waals surface area contributed by atoms with Gasteiger partial charge in [0.2, 0.25) is 0 Å². The van der Waals surface area contributed by atoms with E-state index < -0.39 is 12.3 Å². The van der Waals surface area contributed by atoms with Gasteiger partial charge in [-0.2, -0.15) is 0 Å². The molecule has 0 bridgehead atoms. The lowest BCUT2D eigenvalue weighted by molar-refractivity contribution is 0.178. The summed E-state index contributed by atoms with van der Waals surface area (Å²) in [7, 11) is 0. The van der Waals surface area contributed by atoms with Gasteiger partial charge in [-0.15, -0.1) is 0 Å². The van der Waals surface area contributed by atoms with Crippen molar-refractivity contribution in [1.29, 1.82) is 0 Å². The quantitative estimate of drug-likeness (QED) is 0.461. The lowest BCUT2D eigenvalue weighted by Crippen LogP contribution is -2.27. The van der Waals surface area contributed by atoms with E-state index in [1.54, 1.807) is 6.92 Å². The summed E-state index contributed by atoms with van der Waals surface area (Å²) in [5.74, 6) is -0.0421. The standard InChI is InChI=1S/C8H12F2/c1-5-3-4-7(9)6(2)8(5)10/h5,7-8H,2-4H2,1H3. The Morgan fingerprint density at radius 3 is 2.50 bits per heavy atom. The van der Waals surface area contributed by atoms with Gasteiger partial charge in [-0.25, -0.2) is 8.78 Å². The van der Waals surface area contributed by atoms with Crippen LogP contribution in [0.1, 0.15) is 19.8 Å². The maximum Gasteiger partial charge on any atom is 0.126 e. The van der Waals surface area contributed by atoms with Crippen LogP contribution in [0.15, 0.2) is 12.2 Å². The first kappa shape index (κ1) is 7.70. The molecule has 10 heavy (non-hydrogen) atoms. The van der Waals surface area contributed by atoms with E-state index >= 15 is 0 Å². The van der Waals surface area contributed by atoms with Crippen LogP contribution in [0.5, 0.6) is 0 Å². The van der Waals surface area contributed by atoms with Gasteiger partial charge >= 0.3 is 0 Å². The first-order valence-electron chi connectivity index (χ1n) is 3.59. The highest BCUT2D eigenvalue weighted by Gasteiger charge is 2.30. The van der Waals surface area contributed by atoms with Crippen LogP contribution in [0, 0.1) is 5.92 Å². The van der Waals surface area contributed by atoms with E-state index in [0.717, 1.165) is 0 Å². The molecular weight excluding hydrogens is 134 g/mol. The van der Waals surface area contributed by atoms with E-state index in [1.165, 1.54) is 0 Å². The Hall–Kier alpha value is -0.400. The van der Waals surface area contributed by atoms with E-state index in [1.807, 2.05) is 0 Å². The maximum absolute atomic E-state index is 12.9. The van der Waals surface area contributed by atoms with Crippen molar-refractivity contribution in [2.75, 3.05) is 0 Å². The highest BCUT2D eigenvalue weighted by molar-refractivity contribution is 5.12. The van der Waals surface area contributed by atoms with Crippen LogP contribution in [-0.4, -0.2) is 12.3 Å². The molecule has 58 valence electrons. The van der Waals surface area contributed by atoms with Crippen molar-refractivity contribution >= 4 is 0 Å².